The molecule has 1 atom stereocenters. The Hall–Kier alpha value is -1.69. The summed E-state index contributed by atoms with van der Waals surface area (Å²) in [7, 11) is 0. The van der Waals surface area contributed by atoms with Crippen LogP contribution in [-0.2, 0) is 12.8 Å². The summed E-state index contributed by atoms with van der Waals surface area (Å²) in [6.45, 7) is 6.71. The number of fused-ring (bicyclic) bond motifs is 1. The van der Waals surface area contributed by atoms with Gasteiger partial charge in [0.15, 0.2) is 5.69 Å². The summed E-state index contributed by atoms with van der Waals surface area (Å²) >= 11 is 3.32. The van der Waals surface area contributed by atoms with E-state index in [0.717, 1.165) is 35.1 Å². The van der Waals surface area contributed by atoms with Crippen molar-refractivity contribution in [3.63, 3.8) is 0 Å². The number of carbonyl (C=O) groups excluding carboxylic acids is 1. The number of amides is 1. The molecule has 122 valence electrons. The van der Waals surface area contributed by atoms with Crippen LogP contribution in [0.5, 0.6) is 0 Å². The Bertz CT molecular complexity index is 716. The van der Waals surface area contributed by atoms with E-state index in [1.165, 1.54) is 0 Å². The number of aryl methyl sites for hydroxylation is 1. The Morgan fingerprint density at radius 1 is 1.39 bits per heavy atom. The minimum absolute atomic E-state index is 0.204. The molecule has 3 rings (SSSR count). The molecule has 1 aliphatic rings. The van der Waals surface area contributed by atoms with Crippen LogP contribution in [0.15, 0.2) is 27.3 Å². The van der Waals surface area contributed by atoms with Gasteiger partial charge in [-0.15, -0.1) is 0 Å². The van der Waals surface area contributed by atoms with E-state index in [2.05, 4.69) is 52.2 Å². The fourth-order valence-corrected chi connectivity index (χ4v) is 3.18. The molecule has 0 bridgehead atoms. The van der Waals surface area contributed by atoms with E-state index in [-0.39, 0.29) is 11.3 Å². The molecule has 2 aromatic rings. The first-order valence-corrected chi connectivity index (χ1v) is 8.54. The van der Waals surface area contributed by atoms with Gasteiger partial charge in [-0.2, -0.15) is 0 Å². The molecule has 2 heterocycles. The smallest absolute Gasteiger partial charge is 0.279 e. The first-order valence-electron chi connectivity index (χ1n) is 7.75. The number of carbonyl (C=O) groups is 1. The Morgan fingerprint density at radius 3 is 2.83 bits per heavy atom. The normalized spacial score (nSPS) is 17.7. The monoisotopic (exact) mass is 377 g/mol. The van der Waals surface area contributed by atoms with Crippen molar-refractivity contribution < 1.29 is 9.32 Å². The molecule has 1 amide bonds. The zero-order valence-corrected chi connectivity index (χ0v) is 15.1. The summed E-state index contributed by atoms with van der Waals surface area (Å²) < 4.78 is 6.25. The number of nitrogens with zero attached hydrogens (tertiary/aromatic N) is 2. The van der Waals surface area contributed by atoms with Crippen molar-refractivity contribution in [1.82, 2.24) is 10.1 Å². The lowest BCUT2D eigenvalue weighted by Gasteiger charge is -2.33. The standard InChI is InChI=1S/C17H20BrN3O2/c1-17(2,3)10-4-6-13-12(8-10)15(21-23-13)16(22)20-14-7-5-11(18)9-19-14/h5,7,9-10H,4,6,8H2,1-3H3,(H,19,20,22)/t10-/m0/s1. The van der Waals surface area contributed by atoms with Crippen LogP contribution in [0.25, 0.3) is 0 Å². The number of pyridine rings is 1. The van der Waals surface area contributed by atoms with Crippen LogP contribution in [0.3, 0.4) is 0 Å². The van der Waals surface area contributed by atoms with Crippen LogP contribution in [0.4, 0.5) is 5.82 Å². The second-order valence-corrected chi connectivity index (χ2v) is 7.97. The SMILES string of the molecule is CC(C)(C)[C@H]1CCc2onc(C(=O)Nc3ccc(Br)cn3)c2C1. The van der Waals surface area contributed by atoms with Gasteiger partial charge in [-0.05, 0) is 52.2 Å². The molecule has 0 fully saturated rings. The summed E-state index contributed by atoms with van der Waals surface area (Å²) in [5.41, 5.74) is 1.54. The number of halogens is 1. The van der Waals surface area contributed by atoms with Gasteiger partial charge in [0.25, 0.3) is 5.91 Å². The highest BCUT2D eigenvalue weighted by Crippen LogP contribution is 2.38. The summed E-state index contributed by atoms with van der Waals surface area (Å²) in [4.78, 5) is 16.7. The largest absolute Gasteiger partial charge is 0.360 e. The predicted octanol–water partition coefficient (Wildman–Crippen LogP) is 4.24. The molecule has 5 nitrogen and oxygen atoms in total. The number of hydrogen-bond donors (Lipinski definition) is 1. The predicted molar refractivity (Wildman–Crippen MR) is 91.4 cm³/mol. The fraction of sp³-hybridized carbons (Fsp3) is 0.471. The van der Waals surface area contributed by atoms with Crippen molar-refractivity contribution in [3.05, 3.63) is 39.8 Å². The summed E-state index contributed by atoms with van der Waals surface area (Å²) in [5.74, 6) is 1.60. The zero-order chi connectivity index (χ0) is 16.6. The number of rotatable bonds is 2. The lowest BCUT2D eigenvalue weighted by Crippen LogP contribution is -2.27. The Balaban J connectivity index is 1.80. The molecule has 0 aliphatic heterocycles. The minimum Gasteiger partial charge on any atom is -0.360 e. The van der Waals surface area contributed by atoms with Crippen LogP contribution in [-0.4, -0.2) is 16.0 Å². The maximum Gasteiger partial charge on any atom is 0.279 e. The number of anilines is 1. The summed E-state index contributed by atoms with van der Waals surface area (Å²) in [6.07, 6.45) is 4.39. The molecule has 1 N–H and O–H groups in total. The average Bonchev–Trinajstić information content (AvgIpc) is 2.92. The topological polar surface area (TPSA) is 68.0 Å². The van der Waals surface area contributed by atoms with E-state index < -0.39 is 0 Å². The fourth-order valence-electron chi connectivity index (χ4n) is 2.95. The van der Waals surface area contributed by atoms with E-state index in [1.807, 2.05) is 6.07 Å². The van der Waals surface area contributed by atoms with Gasteiger partial charge in [0.05, 0.1) is 0 Å². The molecule has 0 saturated carbocycles. The van der Waals surface area contributed by atoms with Gasteiger partial charge in [0.1, 0.15) is 11.6 Å². The minimum atomic E-state index is -0.264. The van der Waals surface area contributed by atoms with Gasteiger partial charge < -0.3 is 9.84 Å². The number of aromatic nitrogens is 2. The number of nitrogens with one attached hydrogen (secondary N) is 1. The van der Waals surface area contributed by atoms with Crippen LogP contribution >= 0.6 is 15.9 Å². The lowest BCUT2D eigenvalue weighted by molar-refractivity contribution is 0.101. The van der Waals surface area contributed by atoms with Crippen molar-refractivity contribution in [3.8, 4) is 0 Å². The molecular formula is C17H20BrN3O2. The van der Waals surface area contributed by atoms with E-state index in [9.17, 15) is 4.79 Å². The molecule has 0 radical (unpaired) electrons. The quantitative estimate of drug-likeness (QED) is 0.849. The molecular weight excluding hydrogens is 358 g/mol. The van der Waals surface area contributed by atoms with Crippen molar-refractivity contribution in [1.29, 1.82) is 0 Å². The maximum atomic E-state index is 12.5. The molecule has 23 heavy (non-hydrogen) atoms. The first kappa shape index (κ1) is 16.2. The van der Waals surface area contributed by atoms with E-state index in [1.54, 1.807) is 12.3 Å². The van der Waals surface area contributed by atoms with E-state index >= 15 is 0 Å². The highest BCUT2D eigenvalue weighted by atomic mass is 79.9. The summed E-state index contributed by atoms with van der Waals surface area (Å²) in [6, 6.07) is 3.57. The van der Waals surface area contributed by atoms with Crippen molar-refractivity contribution in [2.45, 2.75) is 40.0 Å². The Kier molecular flexibility index (Phi) is 4.27. The third kappa shape index (κ3) is 3.47. The second kappa shape index (κ2) is 6.07. The molecule has 0 aromatic carbocycles. The summed E-state index contributed by atoms with van der Waals surface area (Å²) in [5, 5.41) is 6.79. The third-order valence-corrected chi connectivity index (χ3v) is 4.92. The van der Waals surface area contributed by atoms with Crippen LogP contribution in [0.1, 0.15) is 49.0 Å². The molecule has 0 spiro atoms. The third-order valence-electron chi connectivity index (χ3n) is 4.45. The van der Waals surface area contributed by atoms with Gasteiger partial charge in [-0.3, -0.25) is 4.79 Å². The lowest BCUT2D eigenvalue weighted by atomic mass is 9.71. The Labute approximate surface area is 144 Å². The molecule has 0 saturated heterocycles. The van der Waals surface area contributed by atoms with Gasteiger partial charge in [0.2, 0.25) is 0 Å². The van der Waals surface area contributed by atoms with Gasteiger partial charge >= 0.3 is 0 Å². The molecule has 2 aromatic heterocycles. The van der Waals surface area contributed by atoms with Gasteiger partial charge in [0, 0.05) is 22.7 Å². The number of hydrogen-bond acceptors (Lipinski definition) is 4. The molecule has 0 unspecified atom stereocenters. The van der Waals surface area contributed by atoms with Crippen molar-refractivity contribution in [2.24, 2.45) is 11.3 Å². The van der Waals surface area contributed by atoms with Crippen molar-refractivity contribution in [2.75, 3.05) is 5.32 Å². The maximum absolute atomic E-state index is 12.5. The second-order valence-electron chi connectivity index (χ2n) is 7.05. The highest BCUT2D eigenvalue weighted by Gasteiger charge is 2.34. The van der Waals surface area contributed by atoms with Gasteiger partial charge in [-0.25, -0.2) is 4.98 Å². The van der Waals surface area contributed by atoms with E-state index in [0.29, 0.717) is 17.4 Å². The van der Waals surface area contributed by atoms with Crippen LogP contribution in [0, 0.1) is 11.3 Å². The van der Waals surface area contributed by atoms with Gasteiger partial charge in [-0.1, -0.05) is 25.9 Å². The highest BCUT2D eigenvalue weighted by molar-refractivity contribution is 9.10. The van der Waals surface area contributed by atoms with E-state index in [4.69, 9.17) is 4.52 Å². The first-order chi connectivity index (χ1) is 10.8. The Morgan fingerprint density at radius 2 is 2.17 bits per heavy atom. The van der Waals surface area contributed by atoms with Crippen molar-refractivity contribution >= 4 is 27.7 Å². The van der Waals surface area contributed by atoms with Crippen LogP contribution < -0.4 is 5.32 Å². The average molecular weight is 378 g/mol. The van der Waals surface area contributed by atoms with Crippen LogP contribution in [0.2, 0.25) is 0 Å². The zero-order valence-electron chi connectivity index (χ0n) is 13.5. The molecule has 6 heteroatoms. The molecule has 1 aliphatic carbocycles.